The summed E-state index contributed by atoms with van der Waals surface area (Å²) in [4.78, 5) is 11.3. The molecule has 0 unspecified atom stereocenters. The van der Waals surface area contributed by atoms with Crippen LogP contribution >= 0.6 is 0 Å². The van der Waals surface area contributed by atoms with Crippen LogP contribution in [0.3, 0.4) is 0 Å². The molecule has 3 fully saturated rings. The molecule has 0 radical (unpaired) electrons. The van der Waals surface area contributed by atoms with Gasteiger partial charge in [0.1, 0.15) is 5.78 Å². The van der Waals surface area contributed by atoms with Gasteiger partial charge in [0, 0.05) is 12.8 Å². The van der Waals surface area contributed by atoms with Gasteiger partial charge in [-0.05, 0) is 42.4 Å². The SMILES string of the molecule is C[C@H]1C[C@H]2C[C@@H]1[C@H]1CC(=O)C[C@@H]21. The van der Waals surface area contributed by atoms with Crippen molar-refractivity contribution >= 4 is 5.78 Å². The Morgan fingerprint density at radius 3 is 2.67 bits per heavy atom. The number of rotatable bonds is 0. The van der Waals surface area contributed by atoms with Crippen molar-refractivity contribution in [2.24, 2.45) is 29.6 Å². The van der Waals surface area contributed by atoms with Crippen LogP contribution in [0.15, 0.2) is 0 Å². The molecule has 3 saturated carbocycles. The third-order valence-corrected chi connectivity index (χ3v) is 4.61. The Balaban J connectivity index is 1.90. The van der Waals surface area contributed by atoms with Gasteiger partial charge in [0.15, 0.2) is 0 Å². The lowest BCUT2D eigenvalue weighted by Gasteiger charge is -2.28. The van der Waals surface area contributed by atoms with Crippen LogP contribution in [-0.4, -0.2) is 5.78 Å². The standard InChI is InChI=1S/C11H16O/c1-6-2-7-3-9(6)11-5-8(12)4-10(7)11/h6-7,9-11H,2-5H2,1H3/t6-,7-,9-,10-,11+/m0/s1. The van der Waals surface area contributed by atoms with E-state index in [2.05, 4.69) is 6.92 Å². The summed E-state index contributed by atoms with van der Waals surface area (Å²) in [5.74, 6) is 4.95. The fourth-order valence-corrected chi connectivity index (χ4v) is 4.17. The molecule has 3 rings (SSSR count). The first kappa shape index (κ1) is 7.11. The molecular formula is C11H16O. The first-order valence-corrected chi connectivity index (χ1v) is 5.27. The molecule has 0 N–H and O–H groups in total. The number of fused-ring (bicyclic) bond motifs is 5. The molecule has 0 aromatic carbocycles. The highest BCUT2D eigenvalue weighted by atomic mass is 16.1. The van der Waals surface area contributed by atoms with Crippen molar-refractivity contribution in [1.29, 1.82) is 0 Å². The van der Waals surface area contributed by atoms with Crippen LogP contribution in [0, 0.1) is 29.6 Å². The van der Waals surface area contributed by atoms with E-state index in [9.17, 15) is 4.79 Å². The van der Waals surface area contributed by atoms with E-state index in [4.69, 9.17) is 0 Å². The second-order valence-corrected chi connectivity index (χ2v) is 5.15. The Labute approximate surface area is 73.5 Å². The molecular weight excluding hydrogens is 148 g/mol. The highest BCUT2D eigenvalue weighted by Gasteiger charge is 2.54. The maximum atomic E-state index is 11.3. The van der Waals surface area contributed by atoms with E-state index < -0.39 is 0 Å². The Bertz CT molecular complexity index is 233. The highest BCUT2D eigenvalue weighted by molar-refractivity contribution is 5.81. The van der Waals surface area contributed by atoms with Gasteiger partial charge in [-0.25, -0.2) is 0 Å². The quantitative estimate of drug-likeness (QED) is 0.536. The number of carbonyl (C=O) groups excluding carboxylic acids is 1. The summed E-state index contributed by atoms with van der Waals surface area (Å²) in [6.07, 6.45) is 4.72. The van der Waals surface area contributed by atoms with Crippen LogP contribution in [0.4, 0.5) is 0 Å². The number of hydrogen-bond donors (Lipinski definition) is 0. The van der Waals surface area contributed by atoms with Gasteiger partial charge in [0.25, 0.3) is 0 Å². The summed E-state index contributed by atoms with van der Waals surface area (Å²) in [6, 6.07) is 0. The van der Waals surface area contributed by atoms with Crippen LogP contribution in [0.2, 0.25) is 0 Å². The van der Waals surface area contributed by atoms with Crippen LogP contribution in [0.25, 0.3) is 0 Å². The van der Waals surface area contributed by atoms with Crippen LogP contribution in [-0.2, 0) is 4.79 Å². The predicted molar refractivity (Wildman–Crippen MR) is 46.6 cm³/mol. The van der Waals surface area contributed by atoms with Gasteiger partial charge in [0.05, 0.1) is 0 Å². The van der Waals surface area contributed by atoms with E-state index in [-0.39, 0.29) is 0 Å². The number of Topliss-reactive ketones (excluding diaryl/α,β-unsaturated/α-hetero) is 1. The lowest BCUT2D eigenvalue weighted by molar-refractivity contribution is -0.118. The molecule has 0 amide bonds. The van der Waals surface area contributed by atoms with Crippen molar-refractivity contribution in [3.8, 4) is 0 Å². The highest BCUT2D eigenvalue weighted by Crippen LogP contribution is 2.59. The van der Waals surface area contributed by atoms with E-state index >= 15 is 0 Å². The van der Waals surface area contributed by atoms with Crippen molar-refractivity contribution in [3.63, 3.8) is 0 Å². The zero-order chi connectivity index (χ0) is 8.29. The molecule has 0 aliphatic heterocycles. The fraction of sp³-hybridized carbons (Fsp3) is 0.909. The first-order chi connectivity index (χ1) is 5.75. The van der Waals surface area contributed by atoms with Crippen molar-refractivity contribution in [1.82, 2.24) is 0 Å². The average Bonchev–Trinajstić information content (AvgIpc) is 2.57. The number of ketones is 1. The molecule has 66 valence electrons. The van der Waals surface area contributed by atoms with E-state index in [1.807, 2.05) is 0 Å². The van der Waals surface area contributed by atoms with Crippen LogP contribution in [0.1, 0.15) is 32.6 Å². The largest absolute Gasteiger partial charge is 0.300 e. The Morgan fingerprint density at radius 1 is 1.08 bits per heavy atom. The minimum absolute atomic E-state index is 0.550. The summed E-state index contributed by atoms with van der Waals surface area (Å²) in [7, 11) is 0. The molecule has 3 aliphatic carbocycles. The van der Waals surface area contributed by atoms with Gasteiger partial charge >= 0.3 is 0 Å². The van der Waals surface area contributed by atoms with Gasteiger partial charge in [-0.2, -0.15) is 0 Å². The predicted octanol–water partition coefficient (Wildman–Crippen LogP) is 2.26. The summed E-state index contributed by atoms with van der Waals surface area (Å²) >= 11 is 0. The molecule has 0 aromatic rings. The monoisotopic (exact) mass is 164 g/mol. The van der Waals surface area contributed by atoms with Gasteiger partial charge in [-0.1, -0.05) is 6.92 Å². The minimum atomic E-state index is 0.550. The Morgan fingerprint density at radius 2 is 1.83 bits per heavy atom. The zero-order valence-corrected chi connectivity index (χ0v) is 7.62. The smallest absolute Gasteiger partial charge is 0.133 e. The van der Waals surface area contributed by atoms with E-state index in [1.165, 1.54) is 12.8 Å². The number of hydrogen-bond acceptors (Lipinski definition) is 1. The van der Waals surface area contributed by atoms with Crippen molar-refractivity contribution in [3.05, 3.63) is 0 Å². The Kier molecular flexibility index (Phi) is 1.26. The maximum Gasteiger partial charge on any atom is 0.133 e. The van der Waals surface area contributed by atoms with Crippen molar-refractivity contribution in [2.75, 3.05) is 0 Å². The summed E-state index contributed by atoms with van der Waals surface area (Å²) in [5, 5.41) is 0. The van der Waals surface area contributed by atoms with E-state index in [0.29, 0.717) is 5.78 Å². The van der Waals surface area contributed by atoms with Crippen molar-refractivity contribution in [2.45, 2.75) is 32.6 Å². The molecule has 1 nitrogen and oxygen atoms in total. The summed E-state index contributed by atoms with van der Waals surface area (Å²) in [5.41, 5.74) is 0. The van der Waals surface area contributed by atoms with Gasteiger partial charge in [-0.15, -0.1) is 0 Å². The normalized spacial score (nSPS) is 56.4. The lowest BCUT2D eigenvalue weighted by Crippen LogP contribution is -2.22. The molecule has 0 heterocycles. The van der Waals surface area contributed by atoms with Gasteiger partial charge in [0.2, 0.25) is 0 Å². The van der Waals surface area contributed by atoms with E-state index in [1.54, 1.807) is 0 Å². The molecule has 0 saturated heterocycles. The Hall–Kier alpha value is -0.330. The van der Waals surface area contributed by atoms with E-state index in [0.717, 1.165) is 42.4 Å². The third-order valence-electron chi connectivity index (χ3n) is 4.61. The van der Waals surface area contributed by atoms with Gasteiger partial charge < -0.3 is 0 Å². The molecule has 2 bridgehead atoms. The van der Waals surface area contributed by atoms with Gasteiger partial charge in [-0.3, -0.25) is 4.79 Å². The van der Waals surface area contributed by atoms with Crippen LogP contribution < -0.4 is 0 Å². The number of carbonyl (C=O) groups is 1. The molecule has 3 aliphatic rings. The topological polar surface area (TPSA) is 17.1 Å². The first-order valence-electron chi connectivity index (χ1n) is 5.27. The molecule has 12 heavy (non-hydrogen) atoms. The second-order valence-electron chi connectivity index (χ2n) is 5.15. The second kappa shape index (κ2) is 2.12. The molecule has 0 spiro atoms. The van der Waals surface area contributed by atoms with Crippen LogP contribution in [0.5, 0.6) is 0 Å². The maximum absolute atomic E-state index is 11.3. The fourth-order valence-electron chi connectivity index (χ4n) is 4.17. The summed E-state index contributed by atoms with van der Waals surface area (Å²) in [6.45, 7) is 2.38. The molecule has 5 atom stereocenters. The summed E-state index contributed by atoms with van der Waals surface area (Å²) < 4.78 is 0. The van der Waals surface area contributed by atoms with Crippen molar-refractivity contribution < 1.29 is 4.79 Å². The average molecular weight is 164 g/mol. The molecule has 1 heteroatoms. The lowest BCUT2D eigenvalue weighted by atomic mass is 9.77. The minimum Gasteiger partial charge on any atom is -0.300 e. The zero-order valence-electron chi connectivity index (χ0n) is 7.62. The molecule has 0 aromatic heterocycles. The third kappa shape index (κ3) is 0.725.